The lowest BCUT2D eigenvalue weighted by Crippen LogP contribution is -2.37. The zero-order valence-electron chi connectivity index (χ0n) is 14.9. The monoisotopic (exact) mass is 446 g/mol. The number of nitrogens with one attached hydrogen (secondary N) is 2. The van der Waals surface area contributed by atoms with Crippen LogP contribution in [0.1, 0.15) is 31.4 Å². The highest BCUT2D eigenvalue weighted by Crippen LogP contribution is 2.10. The van der Waals surface area contributed by atoms with E-state index >= 15 is 0 Å². The van der Waals surface area contributed by atoms with E-state index in [1.54, 1.807) is 0 Å². The van der Waals surface area contributed by atoms with Crippen molar-refractivity contribution in [1.82, 2.24) is 15.5 Å². The van der Waals surface area contributed by atoms with Crippen LogP contribution in [0.4, 0.5) is 0 Å². The van der Waals surface area contributed by atoms with Gasteiger partial charge in [0, 0.05) is 32.7 Å². The quantitative estimate of drug-likeness (QED) is 0.384. The molecular formula is C18H31IN4O. The van der Waals surface area contributed by atoms with Crippen molar-refractivity contribution in [2.75, 3.05) is 39.4 Å². The van der Waals surface area contributed by atoms with Gasteiger partial charge < -0.3 is 15.4 Å². The molecule has 1 fully saturated rings. The molecule has 5 nitrogen and oxygen atoms in total. The van der Waals surface area contributed by atoms with E-state index in [1.165, 1.54) is 11.1 Å². The number of morpholine rings is 1. The number of guanidine groups is 1. The maximum absolute atomic E-state index is 5.41. The highest BCUT2D eigenvalue weighted by atomic mass is 127. The summed E-state index contributed by atoms with van der Waals surface area (Å²) in [6, 6.07) is 8.74. The van der Waals surface area contributed by atoms with Gasteiger partial charge in [0.1, 0.15) is 0 Å². The summed E-state index contributed by atoms with van der Waals surface area (Å²) in [5.74, 6) is 0.896. The minimum atomic E-state index is 0. The summed E-state index contributed by atoms with van der Waals surface area (Å²) in [6.45, 7) is 11.5. The number of hydrogen-bond donors (Lipinski definition) is 2. The van der Waals surface area contributed by atoms with E-state index < -0.39 is 0 Å². The number of nitrogens with zero attached hydrogens (tertiary/aromatic N) is 2. The van der Waals surface area contributed by atoms with Crippen molar-refractivity contribution < 1.29 is 4.74 Å². The normalized spacial score (nSPS) is 15.7. The number of rotatable bonds is 7. The van der Waals surface area contributed by atoms with Gasteiger partial charge in [-0.2, -0.15) is 0 Å². The summed E-state index contributed by atoms with van der Waals surface area (Å²) in [7, 11) is 0. The third-order valence-electron chi connectivity index (χ3n) is 3.81. The summed E-state index contributed by atoms with van der Waals surface area (Å²) >= 11 is 0. The second kappa shape index (κ2) is 12.5. The van der Waals surface area contributed by atoms with Crippen molar-refractivity contribution in [3.05, 3.63) is 35.4 Å². The lowest BCUT2D eigenvalue weighted by Gasteiger charge is -2.26. The summed E-state index contributed by atoms with van der Waals surface area (Å²) in [5.41, 5.74) is 2.61. The molecule has 0 radical (unpaired) electrons. The zero-order valence-corrected chi connectivity index (χ0v) is 17.2. The van der Waals surface area contributed by atoms with Crippen LogP contribution in [0.5, 0.6) is 0 Å². The molecule has 0 aliphatic carbocycles. The molecule has 0 aromatic heterocycles. The van der Waals surface area contributed by atoms with E-state index in [1.807, 2.05) is 0 Å². The van der Waals surface area contributed by atoms with Crippen molar-refractivity contribution in [3.63, 3.8) is 0 Å². The molecule has 2 rings (SSSR count). The van der Waals surface area contributed by atoms with Crippen LogP contribution in [0, 0.1) is 0 Å². The van der Waals surface area contributed by atoms with Gasteiger partial charge in [0.25, 0.3) is 0 Å². The Kier molecular flexibility index (Phi) is 11.0. The minimum absolute atomic E-state index is 0. The Balaban J connectivity index is 0.00000288. The van der Waals surface area contributed by atoms with Gasteiger partial charge in [-0.3, -0.25) is 4.90 Å². The number of benzene rings is 1. The van der Waals surface area contributed by atoms with Crippen LogP contribution in [0.3, 0.4) is 0 Å². The van der Waals surface area contributed by atoms with Crippen LogP contribution in [-0.4, -0.2) is 50.3 Å². The molecule has 1 aromatic carbocycles. The highest BCUT2D eigenvalue weighted by molar-refractivity contribution is 14.0. The van der Waals surface area contributed by atoms with Crippen molar-refractivity contribution in [3.8, 4) is 0 Å². The van der Waals surface area contributed by atoms with E-state index in [0.29, 0.717) is 6.54 Å². The van der Waals surface area contributed by atoms with Crippen LogP contribution in [0.25, 0.3) is 0 Å². The van der Waals surface area contributed by atoms with Crippen molar-refractivity contribution in [2.45, 2.75) is 33.4 Å². The second-order valence-electron chi connectivity index (χ2n) is 5.83. The van der Waals surface area contributed by atoms with Crippen LogP contribution in [0.2, 0.25) is 0 Å². The minimum Gasteiger partial charge on any atom is -0.379 e. The number of hydrogen-bond acceptors (Lipinski definition) is 3. The largest absolute Gasteiger partial charge is 0.379 e. The second-order valence-corrected chi connectivity index (χ2v) is 5.83. The summed E-state index contributed by atoms with van der Waals surface area (Å²) < 4.78 is 5.41. The molecule has 136 valence electrons. The summed E-state index contributed by atoms with van der Waals surface area (Å²) in [4.78, 5) is 7.11. The van der Waals surface area contributed by atoms with Gasteiger partial charge in [0.15, 0.2) is 5.96 Å². The number of aliphatic imine (C=N–C) groups is 1. The van der Waals surface area contributed by atoms with E-state index in [9.17, 15) is 0 Å². The van der Waals surface area contributed by atoms with E-state index in [-0.39, 0.29) is 24.0 Å². The average Bonchev–Trinajstić information content (AvgIpc) is 2.59. The molecule has 1 aliphatic heterocycles. The molecule has 0 unspecified atom stereocenters. The van der Waals surface area contributed by atoms with Gasteiger partial charge in [-0.1, -0.05) is 31.2 Å². The summed E-state index contributed by atoms with van der Waals surface area (Å²) in [6.07, 6.45) is 1.10. The smallest absolute Gasteiger partial charge is 0.191 e. The fourth-order valence-electron chi connectivity index (χ4n) is 2.60. The Labute approximate surface area is 163 Å². The van der Waals surface area contributed by atoms with Crippen molar-refractivity contribution >= 4 is 29.9 Å². The first kappa shape index (κ1) is 21.2. The van der Waals surface area contributed by atoms with Gasteiger partial charge in [-0.05, 0) is 24.5 Å². The van der Waals surface area contributed by atoms with Gasteiger partial charge in [-0.25, -0.2) is 4.99 Å². The summed E-state index contributed by atoms with van der Waals surface area (Å²) in [5, 5.41) is 6.62. The van der Waals surface area contributed by atoms with E-state index in [4.69, 9.17) is 4.74 Å². The molecular weight excluding hydrogens is 415 g/mol. The van der Waals surface area contributed by atoms with Gasteiger partial charge >= 0.3 is 0 Å². The number of halogens is 1. The maximum atomic E-state index is 5.41. The highest BCUT2D eigenvalue weighted by Gasteiger charge is 2.10. The molecule has 1 aliphatic rings. The Morgan fingerprint density at radius 1 is 1.17 bits per heavy atom. The third kappa shape index (κ3) is 7.81. The van der Waals surface area contributed by atoms with Crippen LogP contribution < -0.4 is 10.6 Å². The third-order valence-corrected chi connectivity index (χ3v) is 3.81. The zero-order chi connectivity index (χ0) is 16.3. The van der Waals surface area contributed by atoms with Crippen LogP contribution >= 0.6 is 24.0 Å². The molecule has 0 spiro atoms. The van der Waals surface area contributed by atoms with Crippen LogP contribution in [0.15, 0.2) is 29.3 Å². The molecule has 6 heteroatoms. The predicted molar refractivity (Wildman–Crippen MR) is 111 cm³/mol. The molecule has 0 saturated carbocycles. The molecule has 1 saturated heterocycles. The Bertz CT molecular complexity index is 490. The lowest BCUT2D eigenvalue weighted by atomic mass is 10.1. The van der Waals surface area contributed by atoms with Gasteiger partial charge in [0.05, 0.1) is 19.8 Å². The first-order valence-electron chi connectivity index (χ1n) is 8.72. The maximum Gasteiger partial charge on any atom is 0.191 e. The van der Waals surface area contributed by atoms with Gasteiger partial charge in [-0.15, -0.1) is 24.0 Å². The first-order chi connectivity index (χ1) is 11.3. The standard InChI is InChI=1S/C18H30N4O.HI/c1-3-8-20-18(19-4-2)21-14-16-6-5-7-17(13-16)15-22-9-11-23-12-10-22;/h5-7,13H,3-4,8-12,14-15H2,1-2H3,(H2,19,20,21);1H. The fourth-order valence-corrected chi connectivity index (χ4v) is 2.60. The Hall–Kier alpha value is -0.860. The van der Waals surface area contributed by atoms with E-state index in [0.717, 1.165) is 58.3 Å². The van der Waals surface area contributed by atoms with Gasteiger partial charge in [0.2, 0.25) is 0 Å². The lowest BCUT2D eigenvalue weighted by molar-refractivity contribution is 0.0342. The molecule has 1 heterocycles. The van der Waals surface area contributed by atoms with Crippen molar-refractivity contribution in [1.29, 1.82) is 0 Å². The molecule has 2 N–H and O–H groups in total. The van der Waals surface area contributed by atoms with Crippen molar-refractivity contribution in [2.24, 2.45) is 4.99 Å². The molecule has 24 heavy (non-hydrogen) atoms. The molecule has 1 aromatic rings. The van der Waals surface area contributed by atoms with Crippen LogP contribution in [-0.2, 0) is 17.8 Å². The molecule has 0 atom stereocenters. The average molecular weight is 446 g/mol. The Morgan fingerprint density at radius 3 is 2.62 bits per heavy atom. The molecule has 0 amide bonds. The van der Waals surface area contributed by atoms with E-state index in [2.05, 4.69) is 58.6 Å². The SMILES string of the molecule is CCCNC(=NCc1cccc(CN2CCOCC2)c1)NCC.I. The fraction of sp³-hybridized carbons (Fsp3) is 0.611. The topological polar surface area (TPSA) is 48.9 Å². The predicted octanol–water partition coefficient (Wildman–Crippen LogP) is 2.60. The molecule has 0 bridgehead atoms. The Morgan fingerprint density at radius 2 is 1.92 bits per heavy atom. The number of ether oxygens (including phenoxy) is 1. The first-order valence-corrected chi connectivity index (χ1v) is 8.72.